The van der Waals surface area contributed by atoms with Gasteiger partial charge in [-0.2, -0.15) is 0 Å². The smallest absolute Gasteiger partial charge is 0.119 e. The molecule has 0 aliphatic rings. The lowest BCUT2D eigenvalue weighted by Crippen LogP contribution is -2.01. The van der Waals surface area contributed by atoms with Gasteiger partial charge in [0.15, 0.2) is 0 Å². The zero-order chi connectivity index (χ0) is 14.7. The fraction of sp³-hybridized carbons (Fsp3) is 0.333. The molecule has 20 heavy (non-hydrogen) atoms. The number of aryl methyl sites for hydroxylation is 3. The van der Waals surface area contributed by atoms with Crippen LogP contribution in [0.2, 0.25) is 0 Å². The molecule has 0 saturated heterocycles. The molecule has 0 radical (unpaired) electrons. The molecule has 0 saturated carbocycles. The van der Waals surface area contributed by atoms with E-state index < -0.39 is 0 Å². The number of ether oxygens (including phenoxy) is 1. The SMILES string of the molecule is CCOc1ccc(C(Cl)c2c(C)cc(C)cc2C)cc1. The Kier molecular flexibility index (Phi) is 4.72. The Morgan fingerprint density at radius 1 is 1.00 bits per heavy atom. The van der Waals surface area contributed by atoms with Gasteiger partial charge in [0.2, 0.25) is 0 Å². The minimum atomic E-state index is -0.119. The normalized spacial score (nSPS) is 12.2. The molecule has 0 fully saturated rings. The highest BCUT2D eigenvalue weighted by atomic mass is 35.5. The van der Waals surface area contributed by atoms with Crippen molar-refractivity contribution >= 4 is 11.6 Å². The number of hydrogen-bond acceptors (Lipinski definition) is 1. The quantitative estimate of drug-likeness (QED) is 0.690. The van der Waals surface area contributed by atoms with Crippen LogP contribution >= 0.6 is 11.6 Å². The van der Waals surface area contributed by atoms with E-state index in [4.69, 9.17) is 16.3 Å². The van der Waals surface area contributed by atoms with Crippen LogP contribution in [0.5, 0.6) is 5.75 Å². The summed E-state index contributed by atoms with van der Waals surface area (Å²) >= 11 is 6.68. The van der Waals surface area contributed by atoms with Gasteiger partial charge in [-0.3, -0.25) is 0 Å². The zero-order valence-electron chi connectivity index (χ0n) is 12.5. The summed E-state index contributed by atoms with van der Waals surface area (Å²) in [5.74, 6) is 0.887. The highest BCUT2D eigenvalue weighted by Crippen LogP contribution is 2.34. The van der Waals surface area contributed by atoms with Crippen molar-refractivity contribution in [3.8, 4) is 5.75 Å². The fourth-order valence-corrected chi connectivity index (χ4v) is 3.15. The van der Waals surface area contributed by atoms with Gasteiger partial charge in [0.1, 0.15) is 5.75 Å². The Morgan fingerprint density at radius 3 is 2.05 bits per heavy atom. The van der Waals surface area contributed by atoms with E-state index in [9.17, 15) is 0 Å². The number of halogens is 1. The Morgan fingerprint density at radius 2 is 1.55 bits per heavy atom. The first-order chi connectivity index (χ1) is 9.52. The Bertz CT molecular complexity index is 564. The average molecular weight is 289 g/mol. The Balaban J connectivity index is 2.33. The maximum absolute atomic E-state index is 6.68. The van der Waals surface area contributed by atoms with Crippen LogP contribution in [-0.2, 0) is 0 Å². The van der Waals surface area contributed by atoms with Crippen molar-refractivity contribution in [1.29, 1.82) is 0 Å². The van der Waals surface area contributed by atoms with Crippen molar-refractivity contribution < 1.29 is 4.74 Å². The molecule has 2 aromatic carbocycles. The Hall–Kier alpha value is -1.47. The van der Waals surface area contributed by atoms with Gasteiger partial charge < -0.3 is 4.74 Å². The topological polar surface area (TPSA) is 9.23 Å². The molecule has 0 bridgehead atoms. The third-order valence-electron chi connectivity index (χ3n) is 3.48. The summed E-state index contributed by atoms with van der Waals surface area (Å²) in [6, 6.07) is 12.4. The van der Waals surface area contributed by atoms with E-state index in [-0.39, 0.29) is 5.38 Å². The summed E-state index contributed by atoms with van der Waals surface area (Å²) in [6.07, 6.45) is 0. The first-order valence-electron chi connectivity index (χ1n) is 6.97. The number of hydrogen-bond donors (Lipinski definition) is 0. The van der Waals surface area contributed by atoms with Gasteiger partial charge >= 0.3 is 0 Å². The molecule has 0 spiro atoms. The lowest BCUT2D eigenvalue weighted by molar-refractivity contribution is 0.340. The maximum atomic E-state index is 6.68. The molecule has 1 unspecified atom stereocenters. The van der Waals surface area contributed by atoms with Gasteiger partial charge in [-0.15, -0.1) is 11.6 Å². The van der Waals surface area contributed by atoms with Crippen LogP contribution in [0, 0.1) is 20.8 Å². The minimum Gasteiger partial charge on any atom is -0.494 e. The summed E-state index contributed by atoms with van der Waals surface area (Å²) in [4.78, 5) is 0. The largest absolute Gasteiger partial charge is 0.494 e. The molecular formula is C18H21ClO. The van der Waals surface area contributed by atoms with E-state index >= 15 is 0 Å². The van der Waals surface area contributed by atoms with Crippen LogP contribution in [-0.4, -0.2) is 6.61 Å². The second-order valence-electron chi connectivity index (χ2n) is 5.18. The van der Waals surface area contributed by atoms with E-state index in [1.165, 1.54) is 22.3 Å². The van der Waals surface area contributed by atoms with E-state index in [0.717, 1.165) is 11.3 Å². The van der Waals surface area contributed by atoms with Crippen LogP contribution in [0.15, 0.2) is 36.4 Å². The molecule has 0 aliphatic carbocycles. The predicted molar refractivity (Wildman–Crippen MR) is 86.0 cm³/mol. The van der Waals surface area contributed by atoms with Crippen molar-refractivity contribution in [2.75, 3.05) is 6.61 Å². The molecular weight excluding hydrogens is 268 g/mol. The monoisotopic (exact) mass is 288 g/mol. The molecule has 2 aromatic rings. The number of rotatable bonds is 4. The fourth-order valence-electron chi connectivity index (χ4n) is 2.66. The highest BCUT2D eigenvalue weighted by molar-refractivity contribution is 6.22. The van der Waals surface area contributed by atoms with Gasteiger partial charge in [-0.1, -0.05) is 29.8 Å². The van der Waals surface area contributed by atoms with E-state index in [0.29, 0.717) is 6.61 Å². The van der Waals surface area contributed by atoms with E-state index in [1.807, 2.05) is 31.2 Å². The molecule has 106 valence electrons. The summed E-state index contributed by atoms with van der Waals surface area (Å²) in [5, 5.41) is -0.119. The van der Waals surface area contributed by atoms with Gasteiger partial charge in [0.25, 0.3) is 0 Å². The van der Waals surface area contributed by atoms with E-state index in [2.05, 4.69) is 32.9 Å². The van der Waals surface area contributed by atoms with Gasteiger partial charge in [0, 0.05) is 0 Å². The summed E-state index contributed by atoms with van der Waals surface area (Å²) in [6.45, 7) is 9.03. The molecule has 0 aliphatic heterocycles. The molecule has 0 aromatic heterocycles. The molecule has 0 heterocycles. The lowest BCUT2D eigenvalue weighted by atomic mass is 9.94. The molecule has 1 atom stereocenters. The van der Waals surface area contributed by atoms with Gasteiger partial charge in [0.05, 0.1) is 12.0 Å². The van der Waals surface area contributed by atoms with Crippen LogP contribution < -0.4 is 4.74 Å². The maximum Gasteiger partial charge on any atom is 0.119 e. The lowest BCUT2D eigenvalue weighted by Gasteiger charge is -2.17. The summed E-state index contributed by atoms with van der Waals surface area (Å²) in [7, 11) is 0. The molecule has 0 N–H and O–H groups in total. The first kappa shape index (κ1) is 14.9. The molecule has 2 rings (SSSR count). The molecule has 2 heteroatoms. The van der Waals surface area contributed by atoms with Crippen molar-refractivity contribution in [3.05, 3.63) is 64.2 Å². The second-order valence-corrected chi connectivity index (χ2v) is 5.61. The Labute approximate surface area is 126 Å². The van der Waals surface area contributed by atoms with Crippen molar-refractivity contribution in [1.82, 2.24) is 0 Å². The van der Waals surface area contributed by atoms with Gasteiger partial charge in [-0.05, 0) is 62.1 Å². The van der Waals surface area contributed by atoms with Crippen LogP contribution in [0.25, 0.3) is 0 Å². The second kappa shape index (κ2) is 6.32. The van der Waals surface area contributed by atoms with Crippen LogP contribution in [0.1, 0.15) is 40.1 Å². The predicted octanol–water partition coefficient (Wildman–Crippen LogP) is 5.34. The summed E-state index contributed by atoms with van der Waals surface area (Å²) in [5.41, 5.74) is 6.08. The van der Waals surface area contributed by atoms with Crippen molar-refractivity contribution in [2.45, 2.75) is 33.1 Å². The zero-order valence-corrected chi connectivity index (χ0v) is 13.3. The van der Waals surface area contributed by atoms with Gasteiger partial charge in [-0.25, -0.2) is 0 Å². The highest BCUT2D eigenvalue weighted by Gasteiger charge is 2.16. The molecule has 1 nitrogen and oxygen atoms in total. The summed E-state index contributed by atoms with van der Waals surface area (Å²) < 4.78 is 5.47. The number of alkyl halides is 1. The minimum absolute atomic E-state index is 0.119. The third kappa shape index (κ3) is 3.16. The van der Waals surface area contributed by atoms with Crippen molar-refractivity contribution in [3.63, 3.8) is 0 Å². The standard InChI is InChI=1S/C18H21ClO/c1-5-20-16-8-6-15(7-9-16)18(19)17-13(3)10-12(2)11-14(17)4/h6-11,18H,5H2,1-4H3. The van der Waals surface area contributed by atoms with Crippen molar-refractivity contribution in [2.24, 2.45) is 0 Å². The van der Waals surface area contributed by atoms with Crippen LogP contribution in [0.3, 0.4) is 0 Å². The molecule has 0 amide bonds. The third-order valence-corrected chi connectivity index (χ3v) is 3.95. The van der Waals surface area contributed by atoms with E-state index in [1.54, 1.807) is 0 Å². The number of benzene rings is 2. The first-order valence-corrected chi connectivity index (χ1v) is 7.41. The van der Waals surface area contributed by atoms with Crippen LogP contribution in [0.4, 0.5) is 0 Å². The average Bonchev–Trinajstić information content (AvgIpc) is 2.38.